The first kappa shape index (κ1) is 13.8. The summed E-state index contributed by atoms with van der Waals surface area (Å²) in [6.45, 7) is 0.298. The molecule has 0 fully saturated rings. The third-order valence-corrected chi connectivity index (χ3v) is 3.91. The summed E-state index contributed by atoms with van der Waals surface area (Å²) >= 11 is 0. The van der Waals surface area contributed by atoms with Gasteiger partial charge in [0.05, 0.1) is 18.8 Å². The molecule has 0 radical (unpaired) electrons. The Morgan fingerprint density at radius 3 is 3.10 bits per heavy atom. The lowest BCUT2D eigenvalue weighted by atomic mass is 9.88. The van der Waals surface area contributed by atoms with Gasteiger partial charge < -0.3 is 10.6 Å². The molecule has 0 aliphatic heterocycles. The molecule has 1 atom stereocenters. The maximum absolute atomic E-state index is 11.8. The van der Waals surface area contributed by atoms with E-state index in [1.807, 2.05) is 10.7 Å². The number of anilines is 1. The molecule has 0 saturated heterocycles. The molecule has 1 heterocycles. The summed E-state index contributed by atoms with van der Waals surface area (Å²) in [5.41, 5.74) is 2.70. The highest BCUT2D eigenvalue weighted by Crippen LogP contribution is 2.33. The van der Waals surface area contributed by atoms with Crippen LogP contribution in [0.5, 0.6) is 0 Å². The quantitative estimate of drug-likeness (QED) is 0.902. The lowest BCUT2D eigenvalue weighted by Crippen LogP contribution is -2.27. The highest BCUT2D eigenvalue weighted by atomic mass is 16.2. The van der Waals surface area contributed by atoms with Gasteiger partial charge in [0.25, 0.3) is 0 Å². The number of carbonyl (C=O) groups is 1. The van der Waals surface area contributed by atoms with Gasteiger partial charge in [0, 0.05) is 6.07 Å². The second-order valence-corrected chi connectivity index (χ2v) is 5.35. The molecule has 5 heteroatoms. The number of hydrogen-bond donors (Lipinski definition) is 2. The minimum absolute atomic E-state index is 0.0525. The van der Waals surface area contributed by atoms with Crippen LogP contribution in [0.2, 0.25) is 0 Å². The molecule has 0 spiro atoms. The van der Waals surface area contributed by atoms with Gasteiger partial charge in [-0.1, -0.05) is 24.3 Å². The smallest absolute Gasteiger partial charge is 0.239 e. The average molecular weight is 284 g/mol. The number of fused-ring (bicyclic) bond motifs is 1. The third-order valence-electron chi connectivity index (χ3n) is 3.91. The molecular weight excluding hydrogens is 264 g/mol. The molecule has 3 rings (SSSR count). The second kappa shape index (κ2) is 6.10. The van der Waals surface area contributed by atoms with Gasteiger partial charge >= 0.3 is 0 Å². The van der Waals surface area contributed by atoms with Gasteiger partial charge in [0.1, 0.15) is 5.82 Å². The fraction of sp³-hybridized carbons (Fsp3) is 0.375. The van der Waals surface area contributed by atoms with E-state index >= 15 is 0 Å². The Morgan fingerprint density at radius 2 is 2.24 bits per heavy atom. The molecule has 1 amide bonds. The summed E-state index contributed by atoms with van der Waals surface area (Å²) < 4.78 is 1.94. The maximum atomic E-state index is 11.8. The Labute approximate surface area is 124 Å². The fourth-order valence-corrected chi connectivity index (χ4v) is 2.99. The number of nitrogens with zero attached hydrogens (tertiary/aromatic N) is 2. The van der Waals surface area contributed by atoms with E-state index in [0.717, 1.165) is 25.1 Å². The zero-order valence-electron chi connectivity index (χ0n) is 12.2. The number of likely N-dealkylation sites (N-methyl/N-ethyl adjacent to an activating group) is 1. The van der Waals surface area contributed by atoms with Crippen molar-refractivity contribution in [3.63, 3.8) is 0 Å². The molecule has 2 N–H and O–H groups in total. The van der Waals surface area contributed by atoms with Crippen LogP contribution in [0.4, 0.5) is 5.82 Å². The minimum atomic E-state index is -0.0525. The van der Waals surface area contributed by atoms with Gasteiger partial charge in [-0.2, -0.15) is 5.10 Å². The first-order chi connectivity index (χ1) is 10.3. The molecular formula is C16H20N4O. The van der Waals surface area contributed by atoms with Crippen molar-refractivity contribution in [3.8, 4) is 0 Å². The van der Waals surface area contributed by atoms with Crippen LogP contribution in [-0.4, -0.2) is 29.3 Å². The molecule has 2 aromatic rings. The van der Waals surface area contributed by atoms with Crippen molar-refractivity contribution in [3.05, 3.63) is 47.7 Å². The van der Waals surface area contributed by atoms with Crippen molar-refractivity contribution in [1.82, 2.24) is 15.1 Å². The molecule has 1 unspecified atom stereocenters. The van der Waals surface area contributed by atoms with E-state index in [1.165, 1.54) is 11.1 Å². The van der Waals surface area contributed by atoms with Crippen LogP contribution in [0.25, 0.3) is 0 Å². The number of nitrogens with one attached hydrogen (secondary N) is 2. The topological polar surface area (TPSA) is 59.0 Å². The fourth-order valence-electron chi connectivity index (χ4n) is 2.99. The molecule has 1 aliphatic rings. The van der Waals surface area contributed by atoms with Gasteiger partial charge in [0.15, 0.2) is 0 Å². The number of amides is 1. The molecule has 1 aromatic heterocycles. The summed E-state index contributed by atoms with van der Waals surface area (Å²) in [4.78, 5) is 11.8. The SMILES string of the molecule is CNCC(=O)Nc1ccnn1C1CCCc2ccccc21. The van der Waals surface area contributed by atoms with E-state index in [2.05, 4.69) is 40.0 Å². The van der Waals surface area contributed by atoms with E-state index in [1.54, 1.807) is 13.2 Å². The Balaban J connectivity index is 1.89. The zero-order valence-corrected chi connectivity index (χ0v) is 12.2. The van der Waals surface area contributed by atoms with Crippen LogP contribution in [0.15, 0.2) is 36.5 Å². The summed E-state index contributed by atoms with van der Waals surface area (Å²) in [7, 11) is 1.76. The average Bonchev–Trinajstić information content (AvgIpc) is 2.95. The highest BCUT2D eigenvalue weighted by Gasteiger charge is 2.23. The lowest BCUT2D eigenvalue weighted by Gasteiger charge is -2.27. The number of hydrogen-bond acceptors (Lipinski definition) is 3. The first-order valence-corrected chi connectivity index (χ1v) is 7.35. The number of aryl methyl sites for hydroxylation is 1. The number of carbonyl (C=O) groups excluding carboxylic acids is 1. The number of aromatic nitrogens is 2. The van der Waals surface area contributed by atoms with Crippen molar-refractivity contribution in [2.24, 2.45) is 0 Å². The van der Waals surface area contributed by atoms with Gasteiger partial charge in [0.2, 0.25) is 5.91 Å². The van der Waals surface area contributed by atoms with Gasteiger partial charge in [-0.3, -0.25) is 4.79 Å². The van der Waals surface area contributed by atoms with Crippen LogP contribution in [0.3, 0.4) is 0 Å². The van der Waals surface area contributed by atoms with Crippen molar-refractivity contribution < 1.29 is 4.79 Å². The molecule has 1 aliphatic carbocycles. The summed E-state index contributed by atoms with van der Waals surface area (Å²) in [5, 5.41) is 10.2. The van der Waals surface area contributed by atoms with E-state index < -0.39 is 0 Å². The Hall–Kier alpha value is -2.14. The normalized spacial score (nSPS) is 17.3. The highest BCUT2D eigenvalue weighted by molar-refractivity contribution is 5.91. The summed E-state index contributed by atoms with van der Waals surface area (Å²) in [6, 6.07) is 10.6. The van der Waals surface area contributed by atoms with E-state index in [0.29, 0.717) is 6.54 Å². The molecule has 5 nitrogen and oxygen atoms in total. The zero-order chi connectivity index (χ0) is 14.7. The van der Waals surface area contributed by atoms with Gasteiger partial charge in [-0.25, -0.2) is 4.68 Å². The third kappa shape index (κ3) is 2.83. The largest absolute Gasteiger partial charge is 0.311 e. The van der Waals surface area contributed by atoms with Crippen LogP contribution < -0.4 is 10.6 Å². The molecule has 21 heavy (non-hydrogen) atoms. The Kier molecular flexibility index (Phi) is 4.01. The van der Waals surface area contributed by atoms with Crippen molar-refractivity contribution in [2.75, 3.05) is 18.9 Å². The predicted molar refractivity (Wildman–Crippen MR) is 82.3 cm³/mol. The lowest BCUT2D eigenvalue weighted by molar-refractivity contribution is -0.115. The van der Waals surface area contributed by atoms with E-state index in [-0.39, 0.29) is 11.9 Å². The molecule has 0 bridgehead atoms. The standard InChI is InChI=1S/C16H20N4O/c1-17-11-16(21)19-15-9-10-18-20(15)14-8-4-6-12-5-2-3-7-13(12)14/h2-3,5,7,9-10,14,17H,4,6,8,11H2,1H3,(H,19,21). The summed E-state index contributed by atoms with van der Waals surface area (Å²) in [6.07, 6.45) is 5.06. The van der Waals surface area contributed by atoms with E-state index in [4.69, 9.17) is 0 Å². The first-order valence-electron chi connectivity index (χ1n) is 7.35. The Morgan fingerprint density at radius 1 is 1.38 bits per heavy atom. The summed E-state index contributed by atoms with van der Waals surface area (Å²) in [5.74, 6) is 0.709. The number of rotatable bonds is 4. The van der Waals surface area contributed by atoms with Crippen molar-refractivity contribution in [1.29, 1.82) is 0 Å². The van der Waals surface area contributed by atoms with Crippen molar-refractivity contribution in [2.45, 2.75) is 25.3 Å². The molecule has 0 saturated carbocycles. The van der Waals surface area contributed by atoms with Crippen LogP contribution in [0.1, 0.15) is 30.0 Å². The second-order valence-electron chi connectivity index (χ2n) is 5.35. The van der Waals surface area contributed by atoms with Crippen LogP contribution in [-0.2, 0) is 11.2 Å². The Bertz CT molecular complexity index is 635. The van der Waals surface area contributed by atoms with Crippen LogP contribution in [0, 0.1) is 0 Å². The predicted octanol–water partition coefficient (Wildman–Crippen LogP) is 1.97. The van der Waals surface area contributed by atoms with E-state index in [9.17, 15) is 4.79 Å². The van der Waals surface area contributed by atoms with Gasteiger partial charge in [-0.05, 0) is 37.4 Å². The molecule has 110 valence electrons. The monoisotopic (exact) mass is 284 g/mol. The maximum Gasteiger partial charge on any atom is 0.239 e. The minimum Gasteiger partial charge on any atom is -0.311 e. The van der Waals surface area contributed by atoms with Crippen LogP contribution >= 0.6 is 0 Å². The van der Waals surface area contributed by atoms with Gasteiger partial charge in [-0.15, -0.1) is 0 Å². The molecule has 1 aromatic carbocycles. The van der Waals surface area contributed by atoms with Crippen molar-refractivity contribution >= 4 is 11.7 Å². The number of benzene rings is 1.